The minimum atomic E-state index is 0.0557. The summed E-state index contributed by atoms with van der Waals surface area (Å²) in [5, 5.41) is 8.75. The minimum absolute atomic E-state index is 0.0557. The average Bonchev–Trinajstić information content (AvgIpc) is 3.31. The molecule has 4 nitrogen and oxygen atoms in total. The summed E-state index contributed by atoms with van der Waals surface area (Å²) >= 11 is 1.49. The van der Waals surface area contributed by atoms with Crippen LogP contribution in [0.15, 0.2) is 17.5 Å². The minimum Gasteiger partial charge on any atom is -0.377 e. The first-order valence-electron chi connectivity index (χ1n) is 8.98. The quantitative estimate of drug-likeness (QED) is 0.787. The van der Waals surface area contributed by atoms with Crippen molar-refractivity contribution in [3.8, 4) is 0 Å². The third-order valence-electron chi connectivity index (χ3n) is 6.03. The Balaban J connectivity index is 1.21. The van der Waals surface area contributed by atoms with Crippen LogP contribution in [0.1, 0.15) is 48.2 Å². The molecule has 1 aromatic rings. The van der Waals surface area contributed by atoms with Crippen LogP contribution >= 0.6 is 11.3 Å². The van der Waals surface area contributed by atoms with Gasteiger partial charge < -0.3 is 15.4 Å². The Morgan fingerprint density at radius 2 is 2.22 bits per heavy atom. The lowest BCUT2D eigenvalue weighted by atomic mass is 9.54. The fraction of sp³-hybridized carbons (Fsp3) is 0.722. The van der Waals surface area contributed by atoms with E-state index in [0.29, 0.717) is 17.6 Å². The number of carbonyl (C=O) groups is 1. The van der Waals surface area contributed by atoms with Crippen LogP contribution in [0, 0.1) is 11.3 Å². The van der Waals surface area contributed by atoms with E-state index in [1.165, 1.54) is 43.4 Å². The summed E-state index contributed by atoms with van der Waals surface area (Å²) in [5.74, 6) is 0.786. The Morgan fingerprint density at radius 3 is 3.00 bits per heavy atom. The molecule has 0 unspecified atom stereocenters. The van der Waals surface area contributed by atoms with Crippen molar-refractivity contribution in [2.45, 2.75) is 50.7 Å². The molecule has 3 fully saturated rings. The maximum absolute atomic E-state index is 11.9. The fourth-order valence-corrected chi connectivity index (χ4v) is 5.69. The van der Waals surface area contributed by atoms with Crippen LogP contribution in [0.25, 0.3) is 0 Å². The molecule has 126 valence electrons. The highest BCUT2D eigenvalue weighted by atomic mass is 32.1. The molecule has 1 aliphatic heterocycles. The molecule has 2 saturated carbocycles. The third-order valence-corrected chi connectivity index (χ3v) is 6.90. The molecule has 1 spiro atoms. The first-order chi connectivity index (χ1) is 11.3. The Kier molecular flexibility index (Phi) is 4.43. The standard InChI is InChI=1S/C18H26N2O2S/c21-17(14-5-3-12-23-14)20-10-4-9-19-15-13-6-11-22-16(13)18(15)7-1-2-8-18/h3,5,12-13,15-16,19H,1-2,4,6-11H2,(H,20,21)/t13-,15+,16+/m0/s1. The first kappa shape index (κ1) is 15.6. The Hall–Kier alpha value is -0.910. The fourth-order valence-electron chi connectivity index (χ4n) is 5.05. The van der Waals surface area contributed by atoms with Crippen molar-refractivity contribution in [1.82, 2.24) is 10.6 Å². The molecule has 0 aromatic carbocycles. The van der Waals surface area contributed by atoms with Crippen molar-refractivity contribution >= 4 is 17.2 Å². The van der Waals surface area contributed by atoms with Crippen LogP contribution < -0.4 is 10.6 Å². The number of rotatable bonds is 6. The summed E-state index contributed by atoms with van der Waals surface area (Å²) < 4.78 is 6.02. The molecule has 23 heavy (non-hydrogen) atoms. The molecule has 1 saturated heterocycles. The normalized spacial score (nSPS) is 31.0. The summed E-state index contributed by atoms with van der Waals surface area (Å²) in [6, 6.07) is 4.43. The monoisotopic (exact) mass is 334 g/mol. The number of nitrogens with one attached hydrogen (secondary N) is 2. The van der Waals surface area contributed by atoms with E-state index in [1.54, 1.807) is 0 Å². The van der Waals surface area contributed by atoms with E-state index in [4.69, 9.17) is 4.74 Å². The number of amides is 1. The third kappa shape index (κ3) is 2.73. The van der Waals surface area contributed by atoms with Gasteiger partial charge in [0.1, 0.15) is 0 Å². The summed E-state index contributed by atoms with van der Waals surface area (Å²) in [6.07, 6.45) is 8.13. The predicted molar refractivity (Wildman–Crippen MR) is 91.8 cm³/mol. The second-order valence-corrected chi connectivity index (χ2v) is 8.15. The van der Waals surface area contributed by atoms with Gasteiger partial charge in [-0.3, -0.25) is 4.79 Å². The summed E-state index contributed by atoms with van der Waals surface area (Å²) in [5.41, 5.74) is 0.432. The van der Waals surface area contributed by atoms with Gasteiger partial charge in [0.25, 0.3) is 5.91 Å². The molecule has 2 N–H and O–H groups in total. The number of fused-ring (bicyclic) bond motifs is 2. The molecule has 2 aliphatic carbocycles. The van der Waals surface area contributed by atoms with Gasteiger partial charge in [-0.05, 0) is 43.7 Å². The van der Waals surface area contributed by atoms with Gasteiger partial charge in [0.15, 0.2) is 0 Å². The molecule has 0 bridgehead atoms. The molecular weight excluding hydrogens is 308 g/mol. The zero-order valence-corrected chi connectivity index (χ0v) is 14.4. The van der Waals surface area contributed by atoms with Crippen molar-refractivity contribution in [3.05, 3.63) is 22.4 Å². The van der Waals surface area contributed by atoms with E-state index in [-0.39, 0.29) is 5.91 Å². The molecule has 4 rings (SSSR count). The van der Waals surface area contributed by atoms with Crippen LogP contribution in [-0.4, -0.2) is 37.7 Å². The zero-order chi connectivity index (χ0) is 15.7. The summed E-state index contributed by atoms with van der Waals surface area (Å²) in [7, 11) is 0. The van der Waals surface area contributed by atoms with E-state index in [2.05, 4.69) is 10.6 Å². The number of thiophene rings is 1. The largest absolute Gasteiger partial charge is 0.377 e. The van der Waals surface area contributed by atoms with Crippen LogP contribution in [0.4, 0.5) is 0 Å². The molecule has 3 atom stereocenters. The molecule has 2 heterocycles. The van der Waals surface area contributed by atoms with Gasteiger partial charge >= 0.3 is 0 Å². The Morgan fingerprint density at radius 1 is 1.35 bits per heavy atom. The van der Waals surface area contributed by atoms with Crippen LogP contribution in [-0.2, 0) is 4.74 Å². The van der Waals surface area contributed by atoms with Crippen molar-refractivity contribution in [1.29, 1.82) is 0 Å². The first-order valence-corrected chi connectivity index (χ1v) is 9.86. The van der Waals surface area contributed by atoms with Gasteiger partial charge in [0, 0.05) is 30.5 Å². The molecule has 5 heteroatoms. The number of hydrogen-bond donors (Lipinski definition) is 2. The summed E-state index contributed by atoms with van der Waals surface area (Å²) in [6.45, 7) is 2.68. The van der Waals surface area contributed by atoms with Crippen molar-refractivity contribution in [2.75, 3.05) is 19.7 Å². The lowest BCUT2D eigenvalue weighted by molar-refractivity contribution is -0.130. The average molecular weight is 334 g/mol. The van der Waals surface area contributed by atoms with Gasteiger partial charge in [-0.25, -0.2) is 0 Å². The van der Waals surface area contributed by atoms with Gasteiger partial charge in [0.05, 0.1) is 11.0 Å². The highest BCUT2D eigenvalue weighted by molar-refractivity contribution is 7.12. The van der Waals surface area contributed by atoms with Gasteiger partial charge in [-0.1, -0.05) is 18.9 Å². The maximum atomic E-state index is 11.9. The Bertz CT molecular complexity index is 539. The summed E-state index contributed by atoms with van der Waals surface area (Å²) in [4.78, 5) is 12.7. The molecule has 1 amide bonds. The highest BCUT2D eigenvalue weighted by Crippen LogP contribution is 2.60. The van der Waals surface area contributed by atoms with Gasteiger partial charge in [-0.2, -0.15) is 0 Å². The SMILES string of the molecule is O=C(NCCCN[C@@H]1[C@@H]2CCO[C@H]2C12CCCC2)c1cccs1. The highest BCUT2D eigenvalue weighted by Gasteiger charge is 2.64. The van der Waals surface area contributed by atoms with Crippen LogP contribution in [0.2, 0.25) is 0 Å². The lowest BCUT2D eigenvalue weighted by Crippen LogP contribution is -2.67. The lowest BCUT2D eigenvalue weighted by Gasteiger charge is -2.57. The number of hydrogen-bond acceptors (Lipinski definition) is 4. The molecule has 0 radical (unpaired) electrons. The van der Waals surface area contributed by atoms with Gasteiger partial charge in [-0.15, -0.1) is 11.3 Å². The van der Waals surface area contributed by atoms with E-state index in [0.717, 1.165) is 36.9 Å². The maximum Gasteiger partial charge on any atom is 0.261 e. The molecule has 1 aromatic heterocycles. The second kappa shape index (κ2) is 6.54. The Labute approximate surface area is 142 Å². The van der Waals surface area contributed by atoms with E-state index in [9.17, 15) is 4.79 Å². The second-order valence-electron chi connectivity index (χ2n) is 7.20. The van der Waals surface area contributed by atoms with E-state index >= 15 is 0 Å². The van der Waals surface area contributed by atoms with Crippen molar-refractivity contribution < 1.29 is 9.53 Å². The zero-order valence-electron chi connectivity index (χ0n) is 13.6. The number of carbonyl (C=O) groups excluding carboxylic acids is 1. The van der Waals surface area contributed by atoms with E-state index < -0.39 is 0 Å². The van der Waals surface area contributed by atoms with Crippen molar-refractivity contribution in [2.24, 2.45) is 11.3 Å². The van der Waals surface area contributed by atoms with Crippen LogP contribution in [0.5, 0.6) is 0 Å². The molecule has 3 aliphatic rings. The smallest absolute Gasteiger partial charge is 0.261 e. The van der Waals surface area contributed by atoms with Crippen LogP contribution in [0.3, 0.4) is 0 Å². The van der Waals surface area contributed by atoms with Crippen molar-refractivity contribution in [3.63, 3.8) is 0 Å². The van der Waals surface area contributed by atoms with Gasteiger partial charge in [0.2, 0.25) is 0 Å². The topological polar surface area (TPSA) is 50.4 Å². The molecular formula is C18H26N2O2S. The predicted octanol–water partition coefficient (Wildman–Crippen LogP) is 2.81. The van der Waals surface area contributed by atoms with E-state index in [1.807, 2.05) is 17.5 Å². The number of ether oxygens (including phenoxy) is 1.